The van der Waals surface area contributed by atoms with Crippen molar-refractivity contribution in [2.75, 3.05) is 20.1 Å². The SMILES string of the molecule is CN1CC=C(C2(C)CC2)C1. The summed E-state index contributed by atoms with van der Waals surface area (Å²) in [5, 5.41) is 0. The fourth-order valence-electron chi connectivity index (χ4n) is 1.63. The minimum Gasteiger partial charge on any atom is -0.299 e. The van der Waals surface area contributed by atoms with Crippen LogP contribution in [0, 0.1) is 5.41 Å². The van der Waals surface area contributed by atoms with Crippen LogP contribution in [0.15, 0.2) is 11.6 Å². The molecule has 0 aromatic carbocycles. The van der Waals surface area contributed by atoms with E-state index < -0.39 is 0 Å². The zero-order valence-corrected chi connectivity index (χ0v) is 6.85. The molecule has 1 fully saturated rings. The summed E-state index contributed by atoms with van der Waals surface area (Å²) in [5.74, 6) is 0. The lowest BCUT2D eigenvalue weighted by atomic mass is 9.99. The summed E-state index contributed by atoms with van der Waals surface area (Å²) in [6, 6.07) is 0. The topological polar surface area (TPSA) is 3.24 Å². The molecule has 1 aliphatic heterocycles. The van der Waals surface area contributed by atoms with Gasteiger partial charge in [0.15, 0.2) is 0 Å². The first kappa shape index (κ1) is 6.41. The van der Waals surface area contributed by atoms with Crippen LogP contribution in [0.3, 0.4) is 0 Å². The molecule has 1 nitrogen and oxygen atoms in total. The number of likely N-dealkylation sites (N-methyl/N-ethyl adjacent to an activating group) is 1. The third kappa shape index (κ3) is 0.891. The maximum atomic E-state index is 2.41. The Morgan fingerprint density at radius 1 is 1.50 bits per heavy atom. The molecule has 56 valence electrons. The fourth-order valence-corrected chi connectivity index (χ4v) is 1.63. The summed E-state index contributed by atoms with van der Waals surface area (Å²) < 4.78 is 0. The van der Waals surface area contributed by atoms with E-state index in [1.165, 1.54) is 25.9 Å². The standard InChI is InChI=1S/C9H15N/c1-9(4-5-9)8-3-6-10(2)7-8/h3H,4-7H2,1-2H3. The lowest BCUT2D eigenvalue weighted by Gasteiger charge is -2.12. The van der Waals surface area contributed by atoms with E-state index in [-0.39, 0.29) is 0 Å². The minimum atomic E-state index is 0.630. The highest BCUT2D eigenvalue weighted by Gasteiger charge is 2.41. The summed E-state index contributed by atoms with van der Waals surface area (Å²) in [5.41, 5.74) is 2.32. The van der Waals surface area contributed by atoms with Gasteiger partial charge >= 0.3 is 0 Å². The quantitative estimate of drug-likeness (QED) is 0.497. The van der Waals surface area contributed by atoms with Crippen LogP contribution >= 0.6 is 0 Å². The summed E-state index contributed by atoms with van der Waals surface area (Å²) in [6.45, 7) is 4.78. The highest BCUT2D eigenvalue weighted by molar-refractivity contribution is 5.25. The van der Waals surface area contributed by atoms with Crippen LogP contribution in [-0.4, -0.2) is 25.0 Å². The van der Waals surface area contributed by atoms with Gasteiger partial charge in [0.1, 0.15) is 0 Å². The van der Waals surface area contributed by atoms with Gasteiger partial charge in [-0.3, -0.25) is 4.90 Å². The smallest absolute Gasteiger partial charge is 0.0199 e. The van der Waals surface area contributed by atoms with Gasteiger partial charge < -0.3 is 0 Å². The maximum absolute atomic E-state index is 2.41. The van der Waals surface area contributed by atoms with E-state index in [0.29, 0.717) is 5.41 Å². The van der Waals surface area contributed by atoms with Gasteiger partial charge in [-0.05, 0) is 25.3 Å². The van der Waals surface area contributed by atoms with Crippen molar-refractivity contribution >= 4 is 0 Å². The molecule has 0 atom stereocenters. The Labute approximate surface area is 62.7 Å². The van der Waals surface area contributed by atoms with Crippen molar-refractivity contribution in [3.05, 3.63) is 11.6 Å². The Morgan fingerprint density at radius 3 is 2.60 bits per heavy atom. The van der Waals surface area contributed by atoms with Crippen LogP contribution in [0.2, 0.25) is 0 Å². The molecule has 1 saturated carbocycles. The summed E-state index contributed by atoms with van der Waals surface area (Å²) in [7, 11) is 2.19. The molecule has 1 aliphatic carbocycles. The third-order valence-electron chi connectivity index (χ3n) is 2.86. The lowest BCUT2D eigenvalue weighted by molar-refractivity contribution is 0.416. The molecule has 0 aromatic rings. The Kier molecular flexibility index (Phi) is 1.19. The molecule has 1 heterocycles. The Hall–Kier alpha value is -0.300. The van der Waals surface area contributed by atoms with Gasteiger partial charge in [0.2, 0.25) is 0 Å². The predicted molar refractivity (Wildman–Crippen MR) is 42.9 cm³/mol. The van der Waals surface area contributed by atoms with Crippen molar-refractivity contribution in [1.82, 2.24) is 4.90 Å². The number of hydrogen-bond acceptors (Lipinski definition) is 1. The highest BCUT2D eigenvalue weighted by atomic mass is 15.1. The number of rotatable bonds is 1. The van der Waals surface area contributed by atoms with Crippen LogP contribution in [0.1, 0.15) is 19.8 Å². The predicted octanol–water partition coefficient (Wildman–Crippen LogP) is 1.66. The molecule has 2 rings (SSSR count). The zero-order valence-electron chi connectivity index (χ0n) is 6.85. The molecule has 0 aromatic heterocycles. The lowest BCUT2D eigenvalue weighted by Crippen LogP contribution is -2.15. The monoisotopic (exact) mass is 137 g/mol. The first-order valence-corrected chi connectivity index (χ1v) is 4.09. The van der Waals surface area contributed by atoms with E-state index in [9.17, 15) is 0 Å². The molecule has 1 heteroatoms. The van der Waals surface area contributed by atoms with Gasteiger partial charge in [-0.25, -0.2) is 0 Å². The van der Waals surface area contributed by atoms with Crippen molar-refractivity contribution in [2.24, 2.45) is 5.41 Å². The minimum absolute atomic E-state index is 0.630. The van der Waals surface area contributed by atoms with Gasteiger partial charge in [-0.2, -0.15) is 0 Å². The molecule has 0 N–H and O–H groups in total. The van der Waals surface area contributed by atoms with Gasteiger partial charge in [-0.1, -0.05) is 18.6 Å². The van der Waals surface area contributed by atoms with E-state index in [1.54, 1.807) is 5.57 Å². The van der Waals surface area contributed by atoms with Gasteiger partial charge in [0, 0.05) is 13.1 Å². The molecule has 0 unspecified atom stereocenters. The average Bonchev–Trinajstić information content (AvgIpc) is 2.45. The van der Waals surface area contributed by atoms with Crippen LogP contribution < -0.4 is 0 Å². The Balaban J connectivity index is 2.07. The molecule has 0 spiro atoms. The van der Waals surface area contributed by atoms with Crippen LogP contribution in [-0.2, 0) is 0 Å². The summed E-state index contributed by atoms with van der Waals surface area (Å²) in [6.07, 6.45) is 5.26. The first-order valence-electron chi connectivity index (χ1n) is 4.09. The van der Waals surface area contributed by atoms with Gasteiger partial charge in [-0.15, -0.1) is 0 Å². The van der Waals surface area contributed by atoms with Crippen LogP contribution in [0.5, 0.6) is 0 Å². The van der Waals surface area contributed by atoms with Crippen molar-refractivity contribution in [3.63, 3.8) is 0 Å². The zero-order chi connectivity index (χ0) is 7.19. The Bertz CT molecular complexity index is 177. The fraction of sp³-hybridized carbons (Fsp3) is 0.778. The summed E-state index contributed by atoms with van der Waals surface area (Å²) >= 11 is 0. The van der Waals surface area contributed by atoms with E-state index in [0.717, 1.165) is 0 Å². The van der Waals surface area contributed by atoms with E-state index >= 15 is 0 Å². The average molecular weight is 137 g/mol. The Morgan fingerprint density at radius 2 is 2.20 bits per heavy atom. The van der Waals surface area contributed by atoms with E-state index in [1.807, 2.05) is 0 Å². The molecule has 0 amide bonds. The van der Waals surface area contributed by atoms with Crippen LogP contribution in [0.25, 0.3) is 0 Å². The molecule has 0 radical (unpaired) electrons. The van der Waals surface area contributed by atoms with E-state index in [4.69, 9.17) is 0 Å². The largest absolute Gasteiger partial charge is 0.299 e. The van der Waals surface area contributed by atoms with Gasteiger partial charge in [0.05, 0.1) is 0 Å². The normalized spacial score (nSPS) is 30.4. The second-order valence-corrected chi connectivity index (χ2v) is 3.99. The first-order chi connectivity index (χ1) is 4.71. The highest BCUT2D eigenvalue weighted by Crippen LogP contribution is 2.52. The summed E-state index contributed by atoms with van der Waals surface area (Å²) in [4.78, 5) is 2.37. The van der Waals surface area contributed by atoms with Crippen LogP contribution in [0.4, 0.5) is 0 Å². The third-order valence-corrected chi connectivity index (χ3v) is 2.86. The molecular formula is C9H15N. The number of hydrogen-bond donors (Lipinski definition) is 0. The van der Waals surface area contributed by atoms with Crippen molar-refractivity contribution in [3.8, 4) is 0 Å². The van der Waals surface area contributed by atoms with Gasteiger partial charge in [0.25, 0.3) is 0 Å². The molecular weight excluding hydrogens is 122 g/mol. The van der Waals surface area contributed by atoms with E-state index in [2.05, 4.69) is 24.9 Å². The van der Waals surface area contributed by atoms with Crippen molar-refractivity contribution < 1.29 is 0 Å². The maximum Gasteiger partial charge on any atom is 0.0199 e. The molecule has 10 heavy (non-hydrogen) atoms. The molecule has 0 saturated heterocycles. The number of nitrogens with zero attached hydrogens (tertiary/aromatic N) is 1. The van der Waals surface area contributed by atoms with Crippen molar-refractivity contribution in [1.29, 1.82) is 0 Å². The van der Waals surface area contributed by atoms with Crippen molar-refractivity contribution in [2.45, 2.75) is 19.8 Å². The second-order valence-electron chi connectivity index (χ2n) is 3.99. The molecule has 0 bridgehead atoms. The molecule has 2 aliphatic rings. The second kappa shape index (κ2) is 1.85.